The molecular formula is C8H9N3. The lowest BCUT2D eigenvalue weighted by Crippen LogP contribution is -1.93. The average molecular weight is 147 g/mol. The minimum Gasteiger partial charge on any atom is -0.397 e. The number of nitrogens with zero attached hydrogens (tertiary/aromatic N) is 2. The van der Waals surface area contributed by atoms with Crippen LogP contribution in [0, 0.1) is 0 Å². The summed E-state index contributed by atoms with van der Waals surface area (Å²) in [5, 5.41) is 7.49. The van der Waals surface area contributed by atoms with Crippen LogP contribution in [-0.4, -0.2) is 10.2 Å². The van der Waals surface area contributed by atoms with Crippen molar-refractivity contribution in [1.82, 2.24) is 10.2 Å². The second-order valence-corrected chi connectivity index (χ2v) is 1.97. The Hall–Kier alpha value is -1.64. The lowest BCUT2D eigenvalue weighted by molar-refractivity contribution is 1.02. The van der Waals surface area contributed by atoms with Gasteiger partial charge >= 0.3 is 0 Å². The van der Waals surface area contributed by atoms with Crippen molar-refractivity contribution in [3.63, 3.8) is 0 Å². The quantitative estimate of drug-likeness (QED) is 0.640. The van der Waals surface area contributed by atoms with Gasteiger partial charge in [-0.3, -0.25) is 0 Å². The van der Waals surface area contributed by atoms with Crippen LogP contribution < -0.4 is 5.73 Å². The van der Waals surface area contributed by atoms with Crippen LogP contribution in [0.3, 0.4) is 0 Å². The van der Waals surface area contributed by atoms with Crippen molar-refractivity contribution in [1.29, 1.82) is 0 Å². The van der Waals surface area contributed by atoms with Gasteiger partial charge in [-0.15, -0.1) is 5.10 Å². The standard InChI is InChI=1S/C8H9N3/c1-2-3-4-8-7(9)5-6-10-11-8/h2-6H,1H2,(H2,9,10)/b4-3-. The van der Waals surface area contributed by atoms with Gasteiger partial charge in [0.2, 0.25) is 0 Å². The minimum absolute atomic E-state index is 0.623. The number of hydrogen-bond acceptors (Lipinski definition) is 3. The molecule has 0 saturated heterocycles. The minimum atomic E-state index is 0.623. The van der Waals surface area contributed by atoms with Crippen molar-refractivity contribution < 1.29 is 0 Å². The van der Waals surface area contributed by atoms with Gasteiger partial charge < -0.3 is 5.73 Å². The summed E-state index contributed by atoms with van der Waals surface area (Å²) in [4.78, 5) is 0. The van der Waals surface area contributed by atoms with Crippen LogP contribution in [0.5, 0.6) is 0 Å². The smallest absolute Gasteiger partial charge is 0.109 e. The average Bonchev–Trinajstić information content (AvgIpc) is 2.03. The molecule has 0 saturated carbocycles. The zero-order chi connectivity index (χ0) is 8.10. The molecule has 0 fully saturated rings. The Balaban J connectivity index is 2.94. The number of hydrogen-bond donors (Lipinski definition) is 1. The molecule has 1 rings (SSSR count). The second-order valence-electron chi connectivity index (χ2n) is 1.97. The molecule has 56 valence electrons. The number of rotatable bonds is 2. The van der Waals surface area contributed by atoms with Crippen molar-refractivity contribution in [2.24, 2.45) is 0 Å². The lowest BCUT2D eigenvalue weighted by Gasteiger charge is -1.93. The van der Waals surface area contributed by atoms with E-state index in [1.807, 2.05) is 0 Å². The van der Waals surface area contributed by atoms with Crippen LogP contribution >= 0.6 is 0 Å². The molecule has 0 amide bonds. The fourth-order valence-electron chi connectivity index (χ4n) is 0.641. The Morgan fingerprint density at radius 3 is 3.00 bits per heavy atom. The normalized spacial score (nSPS) is 10.2. The molecular weight excluding hydrogens is 138 g/mol. The van der Waals surface area contributed by atoms with E-state index in [-0.39, 0.29) is 0 Å². The third-order valence-corrected chi connectivity index (χ3v) is 1.17. The molecule has 0 bridgehead atoms. The molecule has 0 atom stereocenters. The van der Waals surface area contributed by atoms with Gasteiger partial charge in [0.25, 0.3) is 0 Å². The van der Waals surface area contributed by atoms with Gasteiger partial charge in [-0.05, 0) is 12.1 Å². The molecule has 0 spiro atoms. The fraction of sp³-hybridized carbons (Fsp3) is 0. The van der Waals surface area contributed by atoms with E-state index in [9.17, 15) is 0 Å². The summed E-state index contributed by atoms with van der Waals surface area (Å²) in [5.74, 6) is 0. The van der Waals surface area contributed by atoms with Gasteiger partial charge in [-0.2, -0.15) is 5.10 Å². The van der Waals surface area contributed by atoms with E-state index in [0.717, 1.165) is 0 Å². The maximum atomic E-state index is 5.57. The van der Waals surface area contributed by atoms with E-state index in [0.29, 0.717) is 11.4 Å². The van der Waals surface area contributed by atoms with E-state index in [4.69, 9.17) is 5.73 Å². The molecule has 0 aliphatic rings. The Kier molecular flexibility index (Phi) is 2.38. The molecule has 1 aromatic rings. The third kappa shape index (κ3) is 1.89. The first-order valence-corrected chi connectivity index (χ1v) is 3.21. The first-order chi connectivity index (χ1) is 5.34. The number of anilines is 1. The van der Waals surface area contributed by atoms with Crippen LogP contribution in [0.1, 0.15) is 5.69 Å². The maximum Gasteiger partial charge on any atom is 0.109 e. The molecule has 0 unspecified atom stereocenters. The van der Waals surface area contributed by atoms with Crippen LogP contribution in [0.15, 0.2) is 31.0 Å². The Morgan fingerprint density at radius 1 is 1.55 bits per heavy atom. The van der Waals surface area contributed by atoms with E-state index in [1.165, 1.54) is 0 Å². The van der Waals surface area contributed by atoms with Gasteiger partial charge in [0.05, 0.1) is 11.9 Å². The molecule has 2 N–H and O–H groups in total. The Labute approximate surface area is 65.3 Å². The van der Waals surface area contributed by atoms with Gasteiger partial charge in [0.15, 0.2) is 0 Å². The first kappa shape index (κ1) is 7.47. The lowest BCUT2D eigenvalue weighted by atomic mass is 10.3. The molecule has 0 aliphatic heterocycles. The number of nitrogen functional groups attached to an aromatic ring is 1. The summed E-state index contributed by atoms with van der Waals surface area (Å²) >= 11 is 0. The Morgan fingerprint density at radius 2 is 2.36 bits per heavy atom. The summed E-state index contributed by atoms with van der Waals surface area (Å²) < 4.78 is 0. The van der Waals surface area contributed by atoms with E-state index >= 15 is 0 Å². The largest absolute Gasteiger partial charge is 0.397 e. The fourth-order valence-corrected chi connectivity index (χ4v) is 0.641. The van der Waals surface area contributed by atoms with Crippen molar-refractivity contribution >= 4 is 11.8 Å². The maximum absolute atomic E-state index is 5.57. The van der Waals surface area contributed by atoms with Crippen molar-refractivity contribution in [3.8, 4) is 0 Å². The highest BCUT2D eigenvalue weighted by molar-refractivity contribution is 5.60. The highest BCUT2D eigenvalue weighted by Gasteiger charge is 1.92. The van der Waals surface area contributed by atoms with Crippen molar-refractivity contribution in [2.45, 2.75) is 0 Å². The van der Waals surface area contributed by atoms with Gasteiger partial charge in [-0.1, -0.05) is 18.7 Å². The molecule has 0 radical (unpaired) electrons. The SMILES string of the molecule is C=C/C=C\c1nnccc1N. The van der Waals surface area contributed by atoms with Crippen molar-refractivity contribution in [3.05, 3.63) is 36.7 Å². The third-order valence-electron chi connectivity index (χ3n) is 1.17. The van der Waals surface area contributed by atoms with Gasteiger partial charge in [0.1, 0.15) is 5.69 Å². The zero-order valence-corrected chi connectivity index (χ0v) is 6.07. The van der Waals surface area contributed by atoms with Gasteiger partial charge in [0, 0.05) is 0 Å². The second kappa shape index (κ2) is 3.51. The molecule has 1 aromatic heterocycles. The predicted molar refractivity (Wildman–Crippen MR) is 45.7 cm³/mol. The summed E-state index contributed by atoms with van der Waals surface area (Å²) in [6.07, 6.45) is 6.74. The number of aromatic nitrogens is 2. The summed E-state index contributed by atoms with van der Waals surface area (Å²) in [6.45, 7) is 3.53. The van der Waals surface area contributed by atoms with Crippen LogP contribution in [0.2, 0.25) is 0 Å². The monoisotopic (exact) mass is 147 g/mol. The van der Waals surface area contributed by atoms with E-state index in [1.54, 1.807) is 30.5 Å². The summed E-state index contributed by atoms with van der Waals surface area (Å²) in [6, 6.07) is 1.70. The van der Waals surface area contributed by atoms with E-state index in [2.05, 4.69) is 16.8 Å². The number of nitrogens with two attached hydrogens (primary N) is 1. The molecule has 1 heterocycles. The molecule has 11 heavy (non-hydrogen) atoms. The molecule has 3 heteroatoms. The van der Waals surface area contributed by atoms with Crippen molar-refractivity contribution in [2.75, 3.05) is 5.73 Å². The van der Waals surface area contributed by atoms with Crippen LogP contribution in [0.25, 0.3) is 6.08 Å². The molecule has 3 nitrogen and oxygen atoms in total. The summed E-state index contributed by atoms with van der Waals surface area (Å²) in [5.41, 5.74) is 6.87. The zero-order valence-electron chi connectivity index (χ0n) is 6.07. The molecule has 0 aromatic carbocycles. The van der Waals surface area contributed by atoms with Gasteiger partial charge in [-0.25, -0.2) is 0 Å². The Bertz CT molecular complexity index is 278. The highest BCUT2D eigenvalue weighted by atomic mass is 15.1. The van der Waals surface area contributed by atoms with Crippen LogP contribution in [-0.2, 0) is 0 Å². The topological polar surface area (TPSA) is 51.8 Å². The first-order valence-electron chi connectivity index (χ1n) is 3.21. The van der Waals surface area contributed by atoms with Crippen LogP contribution in [0.4, 0.5) is 5.69 Å². The van der Waals surface area contributed by atoms with E-state index < -0.39 is 0 Å². The number of allylic oxidation sites excluding steroid dienone is 2. The predicted octanol–water partition coefficient (Wildman–Crippen LogP) is 1.26. The highest BCUT2D eigenvalue weighted by Crippen LogP contribution is 2.06. The summed E-state index contributed by atoms with van der Waals surface area (Å²) in [7, 11) is 0. The molecule has 0 aliphatic carbocycles.